The molecule has 0 saturated heterocycles. The van der Waals surface area contributed by atoms with Crippen molar-refractivity contribution in [1.29, 1.82) is 0 Å². The minimum absolute atomic E-state index is 0.103. The molecule has 106 valence electrons. The van der Waals surface area contributed by atoms with E-state index in [0.717, 1.165) is 17.9 Å². The summed E-state index contributed by atoms with van der Waals surface area (Å²) in [6.07, 6.45) is -1.64. The van der Waals surface area contributed by atoms with Crippen LogP contribution in [-0.2, 0) is 11.0 Å². The molecule has 1 N–H and O–H groups in total. The van der Waals surface area contributed by atoms with Crippen LogP contribution in [0.15, 0.2) is 18.2 Å². The number of halogens is 4. The van der Waals surface area contributed by atoms with Gasteiger partial charge in [-0.15, -0.1) is 0 Å². The number of alkyl halides is 3. The van der Waals surface area contributed by atoms with Gasteiger partial charge >= 0.3 is 6.18 Å². The van der Waals surface area contributed by atoms with Crippen molar-refractivity contribution in [2.75, 3.05) is 17.3 Å². The summed E-state index contributed by atoms with van der Waals surface area (Å²) in [7, 11) is 0. The van der Waals surface area contributed by atoms with E-state index in [9.17, 15) is 18.0 Å². The first-order valence-corrected chi connectivity index (χ1v) is 7.27. The summed E-state index contributed by atoms with van der Waals surface area (Å²) in [5.41, 5.74) is -0.845. The van der Waals surface area contributed by atoms with Gasteiger partial charge in [0.2, 0.25) is 5.91 Å². The largest absolute Gasteiger partial charge is 0.417 e. The fourth-order valence-electron chi connectivity index (χ4n) is 1.42. The lowest BCUT2D eigenvalue weighted by atomic mass is 10.2. The fourth-order valence-corrected chi connectivity index (χ4v) is 2.08. The van der Waals surface area contributed by atoms with Crippen molar-refractivity contribution in [3.63, 3.8) is 0 Å². The van der Waals surface area contributed by atoms with E-state index in [-0.39, 0.29) is 23.0 Å². The minimum Gasteiger partial charge on any atom is -0.326 e. The number of anilines is 1. The Labute approximate surface area is 118 Å². The zero-order valence-electron chi connectivity index (χ0n) is 10.2. The molecule has 19 heavy (non-hydrogen) atoms. The van der Waals surface area contributed by atoms with Crippen molar-refractivity contribution in [3.05, 3.63) is 28.8 Å². The smallest absolute Gasteiger partial charge is 0.326 e. The van der Waals surface area contributed by atoms with Crippen LogP contribution in [-0.4, -0.2) is 17.9 Å². The molecule has 0 aliphatic carbocycles. The third-order valence-electron chi connectivity index (χ3n) is 2.31. The minimum atomic E-state index is -4.53. The standard InChI is InChI=1S/C12H13ClF3NOS/c1-19-6-2-3-11(18)17-8-4-5-10(13)9(7-8)12(14,15)16/h4-5,7H,2-3,6H2,1H3,(H,17,18). The maximum absolute atomic E-state index is 12.6. The van der Waals surface area contributed by atoms with E-state index in [1.807, 2.05) is 6.26 Å². The van der Waals surface area contributed by atoms with Crippen molar-refractivity contribution >= 4 is 35.0 Å². The Kier molecular flexibility index (Phi) is 6.00. The van der Waals surface area contributed by atoms with Gasteiger partial charge in [0.05, 0.1) is 10.6 Å². The highest BCUT2D eigenvalue weighted by Gasteiger charge is 2.33. The molecule has 0 bridgehead atoms. The number of thioether (sulfide) groups is 1. The molecule has 0 radical (unpaired) electrons. The van der Waals surface area contributed by atoms with Crippen molar-refractivity contribution in [1.82, 2.24) is 0 Å². The number of amides is 1. The van der Waals surface area contributed by atoms with Gasteiger partial charge in [0, 0.05) is 12.1 Å². The lowest BCUT2D eigenvalue weighted by molar-refractivity contribution is -0.137. The molecular weight excluding hydrogens is 299 g/mol. The fraction of sp³-hybridized carbons (Fsp3) is 0.417. The second kappa shape index (κ2) is 7.05. The Morgan fingerprint density at radius 2 is 2.11 bits per heavy atom. The Balaban J connectivity index is 2.72. The monoisotopic (exact) mass is 311 g/mol. The van der Waals surface area contributed by atoms with Crippen LogP contribution in [0, 0.1) is 0 Å². The highest BCUT2D eigenvalue weighted by atomic mass is 35.5. The van der Waals surface area contributed by atoms with E-state index < -0.39 is 11.7 Å². The first-order valence-electron chi connectivity index (χ1n) is 5.50. The Bertz CT molecular complexity index is 451. The van der Waals surface area contributed by atoms with E-state index in [4.69, 9.17) is 11.6 Å². The van der Waals surface area contributed by atoms with Gasteiger partial charge in [0.1, 0.15) is 0 Å². The van der Waals surface area contributed by atoms with Gasteiger partial charge in [-0.05, 0) is 36.6 Å². The molecule has 0 saturated carbocycles. The maximum Gasteiger partial charge on any atom is 0.417 e. The topological polar surface area (TPSA) is 29.1 Å². The third kappa shape index (κ3) is 5.32. The molecule has 0 aliphatic rings. The van der Waals surface area contributed by atoms with Crippen molar-refractivity contribution in [2.24, 2.45) is 0 Å². The Hall–Kier alpha value is -0.880. The summed E-state index contributed by atoms with van der Waals surface area (Å²) < 4.78 is 37.8. The predicted molar refractivity (Wildman–Crippen MR) is 72.7 cm³/mol. The molecule has 0 aromatic heterocycles. The number of carbonyl (C=O) groups is 1. The summed E-state index contributed by atoms with van der Waals surface area (Å²) in [5, 5.41) is 2.05. The van der Waals surface area contributed by atoms with Gasteiger partial charge in [-0.2, -0.15) is 24.9 Å². The predicted octanol–water partition coefficient (Wildman–Crippen LogP) is 4.44. The molecule has 1 amide bonds. The van der Waals surface area contributed by atoms with Crippen LogP contribution in [0.4, 0.5) is 18.9 Å². The van der Waals surface area contributed by atoms with Crippen LogP contribution in [0.1, 0.15) is 18.4 Å². The zero-order chi connectivity index (χ0) is 14.5. The molecule has 0 fully saturated rings. The second-order valence-corrected chi connectivity index (χ2v) is 5.23. The van der Waals surface area contributed by atoms with Crippen LogP contribution < -0.4 is 5.32 Å². The summed E-state index contributed by atoms with van der Waals surface area (Å²) >= 11 is 7.10. The number of carbonyl (C=O) groups excluding carboxylic acids is 1. The number of hydrogen-bond donors (Lipinski definition) is 1. The first-order chi connectivity index (χ1) is 8.84. The van der Waals surface area contributed by atoms with E-state index in [1.165, 1.54) is 6.07 Å². The van der Waals surface area contributed by atoms with Gasteiger partial charge in [0.15, 0.2) is 0 Å². The lowest BCUT2D eigenvalue weighted by Gasteiger charge is -2.11. The SMILES string of the molecule is CSCCCC(=O)Nc1ccc(Cl)c(C(F)(F)F)c1. The van der Waals surface area contributed by atoms with Gasteiger partial charge in [-0.25, -0.2) is 0 Å². The number of benzene rings is 1. The summed E-state index contributed by atoms with van der Waals surface area (Å²) in [5.74, 6) is 0.534. The van der Waals surface area contributed by atoms with Gasteiger partial charge in [-0.1, -0.05) is 11.6 Å². The van der Waals surface area contributed by atoms with Crippen LogP contribution in [0.25, 0.3) is 0 Å². The van der Waals surface area contributed by atoms with Crippen molar-refractivity contribution < 1.29 is 18.0 Å². The van der Waals surface area contributed by atoms with Crippen molar-refractivity contribution in [2.45, 2.75) is 19.0 Å². The molecule has 2 nitrogen and oxygen atoms in total. The summed E-state index contributed by atoms with van der Waals surface area (Å²) in [4.78, 5) is 11.5. The molecule has 0 aliphatic heterocycles. The second-order valence-electron chi connectivity index (χ2n) is 3.84. The quantitative estimate of drug-likeness (QED) is 0.814. The molecule has 7 heteroatoms. The average molecular weight is 312 g/mol. The van der Waals surface area contributed by atoms with E-state index in [0.29, 0.717) is 6.42 Å². The van der Waals surface area contributed by atoms with Gasteiger partial charge in [-0.3, -0.25) is 4.79 Å². The summed E-state index contributed by atoms with van der Waals surface area (Å²) in [6.45, 7) is 0. The van der Waals surface area contributed by atoms with Crippen LogP contribution in [0.5, 0.6) is 0 Å². The van der Waals surface area contributed by atoms with Gasteiger partial charge in [0.25, 0.3) is 0 Å². The van der Waals surface area contributed by atoms with E-state index in [1.54, 1.807) is 11.8 Å². The Morgan fingerprint density at radius 1 is 1.42 bits per heavy atom. The maximum atomic E-state index is 12.6. The molecule has 1 aromatic carbocycles. The van der Waals surface area contributed by atoms with E-state index in [2.05, 4.69) is 5.32 Å². The highest BCUT2D eigenvalue weighted by molar-refractivity contribution is 7.98. The summed E-state index contributed by atoms with van der Waals surface area (Å²) in [6, 6.07) is 3.32. The molecule has 1 rings (SSSR count). The van der Waals surface area contributed by atoms with Crippen LogP contribution in [0.3, 0.4) is 0 Å². The number of nitrogens with one attached hydrogen (secondary N) is 1. The first kappa shape index (κ1) is 16.2. The molecule has 0 heterocycles. The van der Waals surface area contributed by atoms with Gasteiger partial charge < -0.3 is 5.32 Å². The number of rotatable bonds is 5. The average Bonchev–Trinajstić information content (AvgIpc) is 2.30. The highest BCUT2D eigenvalue weighted by Crippen LogP contribution is 2.36. The molecule has 0 atom stereocenters. The van der Waals surface area contributed by atoms with E-state index >= 15 is 0 Å². The normalized spacial score (nSPS) is 11.4. The van der Waals surface area contributed by atoms with Crippen LogP contribution >= 0.6 is 23.4 Å². The third-order valence-corrected chi connectivity index (χ3v) is 3.33. The molecule has 1 aromatic rings. The number of hydrogen-bond acceptors (Lipinski definition) is 2. The molecule has 0 unspecified atom stereocenters. The molecule has 0 spiro atoms. The van der Waals surface area contributed by atoms with Crippen molar-refractivity contribution in [3.8, 4) is 0 Å². The zero-order valence-corrected chi connectivity index (χ0v) is 11.8. The lowest BCUT2D eigenvalue weighted by Crippen LogP contribution is -2.13. The Morgan fingerprint density at radius 3 is 2.68 bits per heavy atom. The van der Waals surface area contributed by atoms with Crippen LogP contribution in [0.2, 0.25) is 5.02 Å². The molecular formula is C12H13ClF3NOS.